The number of nitrogens with one attached hydrogen (secondary N) is 1. The Morgan fingerprint density at radius 2 is 1.85 bits per heavy atom. The van der Waals surface area contributed by atoms with Gasteiger partial charge in [-0.15, -0.1) is 0 Å². The van der Waals surface area contributed by atoms with Crippen LogP contribution in [0.25, 0.3) is 0 Å². The van der Waals surface area contributed by atoms with Gasteiger partial charge in [-0.3, -0.25) is 19.3 Å². The largest absolute Gasteiger partial charge is 0.467 e. The molecule has 2 fully saturated rings. The molecule has 3 heterocycles. The Labute approximate surface area is 200 Å². The van der Waals surface area contributed by atoms with E-state index >= 15 is 0 Å². The highest BCUT2D eigenvalue weighted by Gasteiger charge is 2.54. The van der Waals surface area contributed by atoms with Crippen LogP contribution < -0.4 is 5.32 Å². The van der Waals surface area contributed by atoms with Gasteiger partial charge in [-0.2, -0.15) is 0 Å². The van der Waals surface area contributed by atoms with Gasteiger partial charge in [-0.25, -0.2) is 0 Å². The molecule has 8 nitrogen and oxygen atoms in total. The first-order valence-electron chi connectivity index (χ1n) is 11.9. The third kappa shape index (κ3) is 4.87. The number of carbonyl (C=O) groups excluding carboxylic acids is 3. The van der Waals surface area contributed by atoms with Crippen molar-refractivity contribution in [3.05, 3.63) is 59.5 Å². The summed E-state index contributed by atoms with van der Waals surface area (Å²) in [5, 5.41) is 2.88. The summed E-state index contributed by atoms with van der Waals surface area (Å²) in [6, 6.07) is 10.2. The van der Waals surface area contributed by atoms with Crippen molar-refractivity contribution in [2.75, 3.05) is 19.7 Å². The fraction of sp³-hybridized carbons (Fsp3) is 0.500. The molecule has 4 rings (SSSR count). The number of aryl methyl sites for hydroxylation is 1. The maximum absolute atomic E-state index is 13.8. The van der Waals surface area contributed by atoms with E-state index in [4.69, 9.17) is 9.15 Å². The van der Waals surface area contributed by atoms with Crippen molar-refractivity contribution in [1.82, 2.24) is 15.1 Å². The SMILES string of the molecule is Cc1ccccc1C(=O)N1C(C(=O)NCc2ccco2)COC12CCN(C(=O)CC(C)C)CC2. The quantitative estimate of drug-likeness (QED) is 0.705. The van der Waals surface area contributed by atoms with Gasteiger partial charge >= 0.3 is 0 Å². The van der Waals surface area contributed by atoms with Crippen LogP contribution in [0.15, 0.2) is 47.1 Å². The Balaban J connectivity index is 1.56. The molecule has 2 saturated heterocycles. The van der Waals surface area contributed by atoms with E-state index in [1.54, 1.807) is 29.4 Å². The van der Waals surface area contributed by atoms with Gasteiger partial charge in [0.05, 0.1) is 19.4 Å². The highest BCUT2D eigenvalue weighted by molar-refractivity contribution is 5.99. The number of carbonyl (C=O) groups is 3. The predicted molar refractivity (Wildman–Crippen MR) is 126 cm³/mol. The monoisotopic (exact) mass is 467 g/mol. The maximum Gasteiger partial charge on any atom is 0.257 e. The summed E-state index contributed by atoms with van der Waals surface area (Å²) < 4.78 is 11.6. The van der Waals surface area contributed by atoms with E-state index in [0.717, 1.165) is 5.56 Å². The number of hydrogen-bond acceptors (Lipinski definition) is 5. The third-order valence-electron chi connectivity index (χ3n) is 6.65. The minimum Gasteiger partial charge on any atom is -0.467 e. The van der Waals surface area contributed by atoms with Gasteiger partial charge in [0, 0.05) is 37.9 Å². The molecular formula is C26H33N3O5. The first-order chi connectivity index (χ1) is 16.3. The normalized spacial score (nSPS) is 19.6. The summed E-state index contributed by atoms with van der Waals surface area (Å²) in [5.41, 5.74) is 0.476. The van der Waals surface area contributed by atoms with E-state index < -0.39 is 11.8 Å². The van der Waals surface area contributed by atoms with Crippen molar-refractivity contribution >= 4 is 17.7 Å². The Morgan fingerprint density at radius 3 is 2.50 bits per heavy atom. The van der Waals surface area contributed by atoms with E-state index in [2.05, 4.69) is 5.32 Å². The minimum absolute atomic E-state index is 0.113. The molecule has 3 amide bonds. The van der Waals surface area contributed by atoms with Crippen LogP contribution in [0.3, 0.4) is 0 Å². The Bertz CT molecular complexity index is 1020. The average Bonchev–Trinajstić information content (AvgIpc) is 3.46. The number of likely N-dealkylation sites (tertiary alicyclic amines) is 1. The lowest BCUT2D eigenvalue weighted by Gasteiger charge is -2.44. The second-order valence-electron chi connectivity index (χ2n) is 9.54. The summed E-state index contributed by atoms with van der Waals surface area (Å²) in [6.07, 6.45) is 2.99. The van der Waals surface area contributed by atoms with Crippen LogP contribution >= 0.6 is 0 Å². The number of rotatable bonds is 6. The van der Waals surface area contributed by atoms with Crippen molar-refractivity contribution in [2.24, 2.45) is 5.92 Å². The number of benzene rings is 1. The van der Waals surface area contributed by atoms with Crippen molar-refractivity contribution in [2.45, 2.75) is 58.3 Å². The highest BCUT2D eigenvalue weighted by Crippen LogP contribution is 2.39. The van der Waals surface area contributed by atoms with Gasteiger partial charge in [0.2, 0.25) is 11.8 Å². The van der Waals surface area contributed by atoms with Gasteiger partial charge in [0.25, 0.3) is 5.91 Å². The molecule has 1 atom stereocenters. The molecule has 2 aliphatic heterocycles. The Hall–Kier alpha value is -3.13. The van der Waals surface area contributed by atoms with Crippen LogP contribution in [0.5, 0.6) is 0 Å². The van der Waals surface area contributed by atoms with Gasteiger partial charge in [0.1, 0.15) is 17.5 Å². The van der Waals surface area contributed by atoms with Crippen LogP contribution in [-0.4, -0.2) is 59.0 Å². The number of amides is 3. The van der Waals surface area contributed by atoms with Crippen molar-refractivity contribution in [3.63, 3.8) is 0 Å². The number of ether oxygens (including phenoxy) is 1. The molecule has 1 spiro atoms. The Morgan fingerprint density at radius 1 is 1.12 bits per heavy atom. The molecule has 2 aliphatic rings. The second-order valence-corrected chi connectivity index (χ2v) is 9.54. The minimum atomic E-state index is -0.916. The smallest absolute Gasteiger partial charge is 0.257 e. The summed E-state index contributed by atoms with van der Waals surface area (Å²) >= 11 is 0. The molecule has 182 valence electrons. The standard InChI is InChI=1S/C26H33N3O5/c1-18(2)15-23(30)28-12-10-26(11-13-28)29(25(32)21-9-5-4-7-19(21)3)22(17-34-26)24(31)27-16-20-8-6-14-33-20/h4-9,14,18,22H,10-13,15-17H2,1-3H3,(H,27,31). The van der Waals surface area contributed by atoms with Crippen LogP contribution in [0.4, 0.5) is 0 Å². The highest BCUT2D eigenvalue weighted by atomic mass is 16.5. The maximum atomic E-state index is 13.8. The lowest BCUT2D eigenvalue weighted by Crippen LogP contribution is -2.59. The van der Waals surface area contributed by atoms with E-state index in [1.165, 1.54) is 0 Å². The molecule has 1 aromatic heterocycles. The van der Waals surface area contributed by atoms with Gasteiger partial charge < -0.3 is 19.4 Å². The average molecular weight is 468 g/mol. The molecule has 0 bridgehead atoms. The van der Waals surface area contributed by atoms with Crippen LogP contribution in [-0.2, 0) is 20.9 Å². The molecule has 1 unspecified atom stereocenters. The topological polar surface area (TPSA) is 92.1 Å². The van der Waals surface area contributed by atoms with Crippen molar-refractivity contribution in [3.8, 4) is 0 Å². The summed E-state index contributed by atoms with van der Waals surface area (Å²) in [7, 11) is 0. The zero-order valence-corrected chi connectivity index (χ0v) is 20.1. The molecule has 2 aromatic rings. The lowest BCUT2D eigenvalue weighted by atomic mass is 9.95. The first-order valence-corrected chi connectivity index (χ1v) is 11.9. The predicted octanol–water partition coefficient (Wildman–Crippen LogP) is 3.11. The summed E-state index contributed by atoms with van der Waals surface area (Å²) in [6.45, 7) is 7.26. The number of hydrogen-bond donors (Lipinski definition) is 1. The molecule has 1 aromatic carbocycles. The summed E-state index contributed by atoms with van der Waals surface area (Å²) in [5.74, 6) is 0.528. The van der Waals surface area contributed by atoms with E-state index in [-0.39, 0.29) is 36.8 Å². The van der Waals surface area contributed by atoms with Crippen LogP contribution in [0.2, 0.25) is 0 Å². The van der Waals surface area contributed by atoms with E-state index in [0.29, 0.717) is 43.7 Å². The second kappa shape index (κ2) is 10.0. The molecule has 0 aliphatic carbocycles. The van der Waals surface area contributed by atoms with E-state index in [1.807, 2.05) is 43.9 Å². The molecular weight excluding hydrogens is 434 g/mol. The molecule has 0 saturated carbocycles. The summed E-state index contributed by atoms with van der Waals surface area (Å²) in [4.78, 5) is 43.1. The molecule has 34 heavy (non-hydrogen) atoms. The zero-order valence-electron chi connectivity index (χ0n) is 20.1. The Kier molecular flexibility index (Phi) is 7.07. The molecule has 8 heteroatoms. The van der Waals surface area contributed by atoms with Crippen molar-refractivity contribution in [1.29, 1.82) is 0 Å². The van der Waals surface area contributed by atoms with Gasteiger partial charge in [-0.05, 0) is 36.6 Å². The van der Waals surface area contributed by atoms with Crippen LogP contribution in [0.1, 0.15) is 54.8 Å². The third-order valence-corrected chi connectivity index (χ3v) is 6.65. The van der Waals surface area contributed by atoms with Crippen molar-refractivity contribution < 1.29 is 23.5 Å². The molecule has 0 radical (unpaired) electrons. The van der Waals surface area contributed by atoms with Gasteiger partial charge in [0.15, 0.2) is 0 Å². The van der Waals surface area contributed by atoms with Gasteiger partial charge in [-0.1, -0.05) is 32.0 Å². The lowest BCUT2D eigenvalue weighted by molar-refractivity contribution is -0.144. The fourth-order valence-corrected chi connectivity index (χ4v) is 4.80. The van der Waals surface area contributed by atoms with Crippen LogP contribution in [0, 0.1) is 12.8 Å². The number of furan rings is 1. The first kappa shape index (κ1) is 24.0. The fourth-order valence-electron chi connectivity index (χ4n) is 4.80. The van der Waals surface area contributed by atoms with E-state index in [9.17, 15) is 14.4 Å². The zero-order chi connectivity index (χ0) is 24.3. The number of piperidine rings is 1. The number of nitrogens with zero attached hydrogens (tertiary/aromatic N) is 2. The molecule has 1 N–H and O–H groups in total.